The van der Waals surface area contributed by atoms with E-state index < -0.39 is 0 Å². The molecule has 0 saturated carbocycles. The van der Waals surface area contributed by atoms with Gasteiger partial charge < -0.3 is 4.90 Å². The van der Waals surface area contributed by atoms with E-state index in [-0.39, 0.29) is 5.78 Å². The van der Waals surface area contributed by atoms with Crippen molar-refractivity contribution in [1.82, 2.24) is 0 Å². The molecule has 0 aromatic heterocycles. The largest absolute Gasteiger partial charge is 0.305 e. The monoisotopic (exact) mass is 321 g/mol. The number of fused-ring (bicyclic) bond motifs is 1. The Morgan fingerprint density at radius 1 is 0.960 bits per heavy atom. The Hall–Kier alpha value is -3.13. The molecule has 1 aliphatic heterocycles. The van der Waals surface area contributed by atoms with Crippen LogP contribution in [0.15, 0.2) is 72.1 Å². The van der Waals surface area contributed by atoms with Crippen molar-refractivity contribution in [2.75, 3.05) is 4.90 Å². The van der Waals surface area contributed by atoms with Crippen LogP contribution in [0.5, 0.6) is 0 Å². The molecular weight excluding hydrogens is 306 g/mol. The Balaban J connectivity index is 1.66. The lowest BCUT2D eigenvalue weighted by atomic mass is 9.85. The third-order valence-corrected chi connectivity index (χ3v) is 5.66. The maximum Gasteiger partial charge on any atom is 0.211 e. The summed E-state index contributed by atoms with van der Waals surface area (Å²) in [4.78, 5) is 15.3. The lowest BCUT2D eigenvalue weighted by molar-refractivity contribution is 0.103. The van der Waals surface area contributed by atoms with Crippen LogP contribution in [-0.2, 0) is 6.42 Å². The van der Waals surface area contributed by atoms with Gasteiger partial charge in [-0.2, -0.15) is 0 Å². The molecule has 0 fully saturated rings. The molecule has 0 atom stereocenters. The smallest absolute Gasteiger partial charge is 0.211 e. The first-order chi connectivity index (χ1) is 12.3. The number of Topliss-reactive ketones (excluding diaryl/α,β-unsaturated/α-hetero) is 1. The molecule has 0 amide bonds. The lowest BCUT2D eigenvalue weighted by Crippen LogP contribution is -2.35. The van der Waals surface area contributed by atoms with Crippen molar-refractivity contribution in [3.8, 4) is 0 Å². The van der Waals surface area contributed by atoms with Crippen LogP contribution >= 0.6 is 0 Å². The fourth-order valence-corrected chi connectivity index (χ4v) is 4.55. The fraction of sp³-hybridized carbons (Fsp3) is 0.0870. The standard InChI is InChI=1S/C23H15NO/c1-13-9-10-14-5-2-3-7-16(14)21(13)24-18-12-11-15-6-4-8-17-19(15)20(18)22(24)23(17)25/h2-10,12H,11H2,1H3. The van der Waals surface area contributed by atoms with E-state index in [2.05, 4.69) is 60.4 Å². The molecule has 0 unspecified atom stereocenters. The molecule has 3 aromatic carbocycles. The highest BCUT2D eigenvalue weighted by Crippen LogP contribution is 2.55. The molecule has 2 heteroatoms. The Bertz CT molecular complexity index is 1200. The Morgan fingerprint density at radius 2 is 1.84 bits per heavy atom. The van der Waals surface area contributed by atoms with Gasteiger partial charge in [0.15, 0.2) is 0 Å². The van der Waals surface area contributed by atoms with E-state index in [0.717, 1.165) is 28.9 Å². The topological polar surface area (TPSA) is 20.3 Å². The summed E-state index contributed by atoms with van der Waals surface area (Å²) < 4.78 is 0. The zero-order valence-corrected chi connectivity index (χ0v) is 13.8. The maximum absolute atomic E-state index is 13.1. The summed E-state index contributed by atoms with van der Waals surface area (Å²) in [6.07, 6.45) is 3.16. The van der Waals surface area contributed by atoms with Crippen molar-refractivity contribution >= 4 is 27.8 Å². The average Bonchev–Trinajstić information content (AvgIpc) is 2.88. The van der Waals surface area contributed by atoms with Crippen LogP contribution in [0.1, 0.15) is 27.0 Å². The molecule has 6 rings (SSSR count). The van der Waals surface area contributed by atoms with E-state index in [4.69, 9.17) is 0 Å². The van der Waals surface area contributed by atoms with Crippen LogP contribution in [0.2, 0.25) is 0 Å². The van der Waals surface area contributed by atoms with Crippen molar-refractivity contribution in [2.24, 2.45) is 0 Å². The molecule has 2 aliphatic carbocycles. The molecule has 0 spiro atoms. The summed E-state index contributed by atoms with van der Waals surface area (Å²) in [5, 5.41) is 2.40. The quantitative estimate of drug-likeness (QED) is 0.627. The van der Waals surface area contributed by atoms with E-state index in [1.54, 1.807) is 0 Å². The number of hydrogen-bond acceptors (Lipinski definition) is 2. The van der Waals surface area contributed by atoms with Gasteiger partial charge in [0.2, 0.25) is 5.78 Å². The molecule has 1 heterocycles. The van der Waals surface area contributed by atoms with Gasteiger partial charge in [-0.1, -0.05) is 60.7 Å². The average molecular weight is 321 g/mol. The molecule has 118 valence electrons. The Morgan fingerprint density at radius 3 is 2.76 bits per heavy atom. The highest BCUT2D eigenvalue weighted by molar-refractivity contribution is 6.31. The summed E-state index contributed by atoms with van der Waals surface area (Å²) in [6, 6.07) is 18.8. The van der Waals surface area contributed by atoms with Crippen molar-refractivity contribution in [1.29, 1.82) is 0 Å². The molecule has 0 radical (unpaired) electrons. The Kier molecular flexibility index (Phi) is 2.26. The molecule has 25 heavy (non-hydrogen) atoms. The number of aryl methyl sites for hydroxylation is 1. The predicted octanol–water partition coefficient (Wildman–Crippen LogP) is 5.02. The van der Waals surface area contributed by atoms with E-state index in [1.165, 1.54) is 33.2 Å². The second-order valence-electron chi connectivity index (χ2n) is 6.97. The van der Waals surface area contributed by atoms with Crippen molar-refractivity contribution in [3.05, 3.63) is 94.3 Å². The van der Waals surface area contributed by atoms with Crippen LogP contribution in [-0.4, -0.2) is 5.78 Å². The SMILES string of the molecule is Cc1ccc2ccccc2c1N1C2=CCc3cccc4c3C2=C1C4=O. The number of carbonyl (C=O) groups excluding carboxylic acids is 1. The van der Waals surface area contributed by atoms with Gasteiger partial charge in [0.25, 0.3) is 0 Å². The minimum atomic E-state index is 0.165. The second kappa shape index (κ2) is 4.28. The summed E-state index contributed by atoms with van der Waals surface area (Å²) in [5.74, 6) is 0.165. The minimum absolute atomic E-state index is 0.165. The normalized spacial score (nSPS) is 16.9. The molecule has 0 N–H and O–H groups in total. The predicted molar refractivity (Wildman–Crippen MR) is 101 cm³/mol. The lowest BCUT2D eigenvalue weighted by Gasteiger charge is -2.41. The van der Waals surface area contributed by atoms with Crippen LogP contribution in [0.3, 0.4) is 0 Å². The molecular formula is C23H15NO. The first-order valence-corrected chi connectivity index (χ1v) is 8.66. The van der Waals surface area contributed by atoms with Crippen LogP contribution in [0, 0.1) is 6.92 Å². The molecule has 0 saturated heterocycles. The number of hydrogen-bond donors (Lipinski definition) is 0. The number of benzene rings is 3. The maximum atomic E-state index is 13.1. The van der Waals surface area contributed by atoms with Gasteiger partial charge in [-0.15, -0.1) is 0 Å². The van der Waals surface area contributed by atoms with Crippen molar-refractivity contribution < 1.29 is 4.79 Å². The minimum Gasteiger partial charge on any atom is -0.305 e. The van der Waals surface area contributed by atoms with Gasteiger partial charge in [0.1, 0.15) is 5.70 Å². The molecule has 3 aromatic rings. The highest BCUT2D eigenvalue weighted by atomic mass is 16.1. The molecule has 0 bridgehead atoms. The number of rotatable bonds is 1. The van der Waals surface area contributed by atoms with E-state index in [0.29, 0.717) is 0 Å². The van der Waals surface area contributed by atoms with Crippen molar-refractivity contribution in [2.45, 2.75) is 13.3 Å². The van der Waals surface area contributed by atoms with E-state index >= 15 is 0 Å². The number of ketones is 1. The van der Waals surface area contributed by atoms with Crippen LogP contribution in [0.4, 0.5) is 5.69 Å². The van der Waals surface area contributed by atoms with Gasteiger partial charge >= 0.3 is 0 Å². The number of anilines is 1. The van der Waals surface area contributed by atoms with Gasteiger partial charge in [-0.25, -0.2) is 0 Å². The van der Waals surface area contributed by atoms with E-state index in [1.807, 2.05) is 12.1 Å². The molecule has 3 aliphatic rings. The number of nitrogens with zero attached hydrogens (tertiary/aromatic N) is 1. The van der Waals surface area contributed by atoms with Gasteiger partial charge in [-0.05, 0) is 29.9 Å². The number of allylic oxidation sites excluding steroid dienone is 3. The zero-order chi connectivity index (χ0) is 16.7. The molecule has 2 nitrogen and oxygen atoms in total. The summed E-state index contributed by atoms with van der Waals surface area (Å²) >= 11 is 0. The van der Waals surface area contributed by atoms with Gasteiger partial charge in [0, 0.05) is 22.1 Å². The van der Waals surface area contributed by atoms with Gasteiger partial charge in [0.05, 0.1) is 11.4 Å². The third kappa shape index (κ3) is 1.44. The van der Waals surface area contributed by atoms with Crippen LogP contribution in [0.25, 0.3) is 16.3 Å². The van der Waals surface area contributed by atoms with E-state index in [9.17, 15) is 4.79 Å². The zero-order valence-electron chi connectivity index (χ0n) is 13.8. The fourth-order valence-electron chi connectivity index (χ4n) is 4.55. The Labute approximate surface area is 145 Å². The summed E-state index contributed by atoms with van der Waals surface area (Å²) in [6.45, 7) is 2.13. The highest BCUT2D eigenvalue weighted by Gasteiger charge is 2.47. The first-order valence-electron chi connectivity index (χ1n) is 8.66. The number of carbonyl (C=O) groups is 1. The summed E-state index contributed by atoms with van der Waals surface area (Å²) in [5.41, 5.74) is 8.87. The first kappa shape index (κ1) is 13.2. The summed E-state index contributed by atoms with van der Waals surface area (Å²) in [7, 11) is 0. The van der Waals surface area contributed by atoms with Gasteiger partial charge in [-0.3, -0.25) is 4.79 Å². The third-order valence-electron chi connectivity index (χ3n) is 5.66. The second-order valence-corrected chi connectivity index (χ2v) is 6.97. The van der Waals surface area contributed by atoms with Crippen LogP contribution < -0.4 is 4.90 Å². The van der Waals surface area contributed by atoms with Crippen molar-refractivity contribution in [3.63, 3.8) is 0 Å².